The lowest BCUT2D eigenvalue weighted by Crippen LogP contribution is -2.33. The van der Waals surface area contributed by atoms with Crippen molar-refractivity contribution < 1.29 is 9.53 Å². The number of nitrogens with one attached hydrogen (secondary N) is 1. The molecule has 4 nitrogen and oxygen atoms in total. The first-order valence-corrected chi connectivity index (χ1v) is 6.10. The SMILES string of the molecule is C#CC[C@H](OC(=O)c1ccc(C)[nH]c1=O)C(C)(C)C. The van der Waals surface area contributed by atoms with Gasteiger partial charge in [0, 0.05) is 12.1 Å². The Bertz CT molecular complexity index is 558. The van der Waals surface area contributed by atoms with E-state index in [1.807, 2.05) is 20.8 Å². The van der Waals surface area contributed by atoms with Crippen molar-refractivity contribution in [3.8, 4) is 12.3 Å². The number of terminal acetylenes is 1. The van der Waals surface area contributed by atoms with Crippen molar-refractivity contribution in [3.05, 3.63) is 33.7 Å². The van der Waals surface area contributed by atoms with Crippen LogP contribution in [0.25, 0.3) is 0 Å². The van der Waals surface area contributed by atoms with Crippen LogP contribution in [-0.4, -0.2) is 17.1 Å². The summed E-state index contributed by atoms with van der Waals surface area (Å²) >= 11 is 0. The number of aryl methyl sites for hydroxylation is 1. The van der Waals surface area contributed by atoms with Gasteiger partial charge in [0.15, 0.2) is 0 Å². The Labute approximate surface area is 113 Å². The third-order valence-electron chi connectivity index (χ3n) is 2.79. The summed E-state index contributed by atoms with van der Waals surface area (Å²) in [5.74, 6) is 1.85. The van der Waals surface area contributed by atoms with E-state index in [2.05, 4.69) is 10.9 Å². The topological polar surface area (TPSA) is 59.2 Å². The molecule has 1 rings (SSSR count). The first-order valence-electron chi connectivity index (χ1n) is 6.10. The smallest absolute Gasteiger partial charge is 0.344 e. The van der Waals surface area contributed by atoms with Crippen LogP contribution >= 0.6 is 0 Å². The predicted molar refractivity (Wildman–Crippen MR) is 73.9 cm³/mol. The number of pyridine rings is 1. The third-order valence-corrected chi connectivity index (χ3v) is 2.79. The lowest BCUT2D eigenvalue weighted by molar-refractivity contribution is -0.000725. The van der Waals surface area contributed by atoms with Crippen LogP contribution in [0.4, 0.5) is 0 Å². The molecule has 0 spiro atoms. The minimum atomic E-state index is -0.642. The minimum Gasteiger partial charge on any atom is -0.457 e. The molecule has 0 aliphatic heterocycles. The van der Waals surface area contributed by atoms with E-state index in [1.165, 1.54) is 6.07 Å². The molecule has 0 aromatic carbocycles. The van der Waals surface area contributed by atoms with Gasteiger partial charge in [0.2, 0.25) is 0 Å². The molecule has 0 aliphatic carbocycles. The van der Waals surface area contributed by atoms with Crippen LogP contribution in [0.15, 0.2) is 16.9 Å². The van der Waals surface area contributed by atoms with E-state index in [-0.39, 0.29) is 11.0 Å². The zero-order chi connectivity index (χ0) is 14.6. The molecule has 0 aliphatic rings. The zero-order valence-electron chi connectivity index (χ0n) is 11.7. The summed E-state index contributed by atoms with van der Waals surface area (Å²) in [7, 11) is 0. The first kappa shape index (κ1) is 15.0. The molecule has 1 heterocycles. The molecule has 4 heteroatoms. The van der Waals surface area contributed by atoms with Crippen LogP contribution in [0.3, 0.4) is 0 Å². The summed E-state index contributed by atoms with van der Waals surface area (Å²) in [6, 6.07) is 3.12. The molecule has 0 bridgehead atoms. The predicted octanol–water partition coefficient (Wildman–Crippen LogP) is 2.28. The summed E-state index contributed by atoms with van der Waals surface area (Å²) in [4.78, 5) is 26.2. The summed E-state index contributed by atoms with van der Waals surface area (Å²) in [5.41, 5.74) is -0.0350. The fourth-order valence-corrected chi connectivity index (χ4v) is 1.56. The minimum absolute atomic E-state index is 0.00290. The highest BCUT2D eigenvalue weighted by atomic mass is 16.5. The molecule has 102 valence electrons. The number of H-pyrrole nitrogens is 1. The summed E-state index contributed by atoms with van der Waals surface area (Å²) in [6.07, 6.45) is 5.17. The van der Waals surface area contributed by atoms with E-state index < -0.39 is 17.6 Å². The van der Waals surface area contributed by atoms with Crippen LogP contribution < -0.4 is 5.56 Å². The molecule has 1 atom stereocenters. The largest absolute Gasteiger partial charge is 0.457 e. The van der Waals surface area contributed by atoms with Gasteiger partial charge < -0.3 is 9.72 Å². The second kappa shape index (κ2) is 5.75. The van der Waals surface area contributed by atoms with Gasteiger partial charge in [0.25, 0.3) is 5.56 Å². The fourth-order valence-electron chi connectivity index (χ4n) is 1.56. The van der Waals surface area contributed by atoms with Gasteiger partial charge in [-0.2, -0.15) is 0 Å². The molecular formula is C15H19NO3. The van der Waals surface area contributed by atoms with Crippen molar-refractivity contribution in [2.75, 3.05) is 0 Å². The van der Waals surface area contributed by atoms with Crippen molar-refractivity contribution in [3.63, 3.8) is 0 Å². The van der Waals surface area contributed by atoms with Gasteiger partial charge in [-0.3, -0.25) is 4.79 Å². The highest BCUT2D eigenvalue weighted by Gasteiger charge is 2.28. The van der Waals surface area contributed by atoms with Gasteiger partial charge in [0.1, 0.15) is 11.7 Å². The maximum Gasteiger partial charge on any atom is 0.344 e. The monoisotopic (exact) mass is 261 g/mol. The second-order valence-corrected chi connectivity index (χ2v) is 5.55. The Kier molecular flexibility index (Phi) is 4.55. The number of hydrogen-bond donors (Lipinski definition) is 1. The molecule has 0 radical (unpaired) electrons. The van der Waals surface area contributed by atoms with E-state index in [4.69, 9.17) is 11.2 Å². The zero-order valence-corrected chi connectivity index (χ0v) is 11.7. The Morgan fingerprint density at radius 3 is 2.58 bits per heavy atom. The fraction of sp³-hybridized carbons (Fsp3) is 0.467. The third kappa shape index (κ3) is 3.99. The average molecular weight is 261 g/mol. The van der Waals surface area contributed by atoms with Crippen molar-refractivity contribution in [1.29, 1.82) is 0 Å². The van der Waals surface area contributed by atoms with Crippen LogP contribution in [-0.2, 0) is 4.74 Å². The number of hydrogen-bond acceptors (Lipinski definition) is 3. The van der Waals surface area contributed by atoms with Gasteiger partial charge in [0.05, 0.1) is 0 Å². The number of aromatic nitrogens is 1. The Hall–Kier alpha value is -2.02. The number of aromatic amines is 1. The molecule has 19 heavy (non-hydrogen) atoms. The summed E-state index contributed by atoms with van der Waals surface area (Å²) in [6.45, 7) is 7.54. The van der Waals surface area contributed by atoms with E-state index in [1.54, 1.807) is 13.0 Å². The summed E-state index contributed by atoms with van der Waals surface area (Å²) in [5, 5.41) is 0. The molecule has 1 N–H and O–H groups in total. The van der Waals surface area contributed by atoms with Crippen LogP contribution in [0.5, 0.6) is 0 Å². The molecule has 0 amide bonds. The maximum absolute atomic E-state index is 12.0. The van der Waals surface area contributed by atoms with Crippen molar-refractivity contribution >= 4 is 5.97 Å². The van der Waals surface area contributed by atoms with Crippen LogP contribution in [0.2, 0.25) is 0 Å². The lowest BCUT2D eigenvalue weighted by Gasteiger charge is -2.28. The van der Waals surface area contributed by atoms with E-state index in [0.717, 1.165) is 0 Å². The lowest BCUT2D eigenvalue weighted by atomic mass is 9.87. The molecule has 0 fully saturated rings. The van der Waals surface area contributed by atoms with E-state index in [9.17, 15) is 9.59 Å². The van der Waals surface area contributed by atoms with Crippen LogP contribution in [0.1, 0.15) is 43.2 Å². The highest BCUT2D eigenvalue weighted by Crippen LogP contribution is 2.25. The first-order chi connectivity index (χ1) is 8.75. The van der Waals surface area contributed by atoms with Gasteiger partial charge in [-0.15, -0.1) is 12.3 Å². The normalized spacial score (nSPS) is 12.6. The van der Waals surface area contributed by atoms with Gasteiger partial charge >= 0.3 is 5.97 Å². The summed E-state index contributed by atoms with van der Waals surface area (Å²) < 4.78 is 5.36. The Morgan fingerprint density at radius 1 is 1.47 bits per heavy atom. The Morgan fingerprint density at radius 2 is 2.11 bits per heavy atom. The average Bonchev–Trinajstić information content (AvgIpc) is 2.26. The number of ether oxygens (including phenoxy) is 1. The molecule has 0 saturated carbocycles. The number of rotatable bonds is 3. The number of carbonyl (C=O) groups excluding carboxylic acids is 1. The van der Waals surface area contributed by atoms with Gasteiger partial charge in [-0.25, -0.2) is 4.79 Å². The van der Waals surface area contributed by atoms with Crippen molar-refractivity contribution in [1.82, 2.24) is 4.98 Å². The van der Waals surface area contributed by atoms with Gasteiger partial charge in [-0.05, 0) is 24.5 Å². The molecule has 0 unspecified atom stereocenters. The second-order valence-electron chi connectivity index (χ2n) is 5.55. The quantitative estimate of drug-likeness (QED) is 0.670. The van der Waals surface area contributed by atoms with Crippen molar-refractivity contribution in [2.24, 2.45) is 5.41 Å². The molecular weight excluding hydrogens is 242 g/mol. The van der Waals surface area contributed by atoms with Crippen LogP contribution in [0, 0.1) is 24.7 Å². The van der Waals surface area contributed by atoms with E-state index in [0.29, 0.717) is 12.1 Å². The number of carbonyl (C=O) groups is 1. The Balaban J connectivity index is 2.95. The molecule has 0 saturated heterocycles. The molecule has 1 aromatic rings. The standard InChI is InChI=1S/C15H19NO3/c1-6-7-12(15(3,4)5)19-14(18)11-9-8-10(2)16-13(11)17/h1,8-9,12H,7H2,2-5H3,(H,16,17)/t12-/m0/s1. The van der Waals surface area contributed by atoms with Crippen molar-refractivity contribution in [2.45, 2.75) is 40.2 Å². The number of esters is 1. The maximum atomic E-state index is 12.0. The van der Waals surface area contributed by atoms with Gasteiger partial charge in [-0.1, -0.05) is 20.8 Å². The molecule has 1 aromatic heterocycles. The van der Waals surface area contributed by atoms with E-state index >= 15 is 0 Å². The highest BCUT2D eigenvalue weighted by molar-refractivity contribution is 5.89.